The van der Waals surface area contributed by atoms with E-state index in [1.807, 2.05) is 5.32 Å². The second-order valence-corrected chi connectivity index (χ2v) is 4.08. The van der Waals surface area contributed by atoms with Crippen molar-refractivity contribution in [3.63, 3.8) is 0 Å². The molecule has 2 N–H and O–H groups in total. The van der Waals surface area contributed by atoms with Gasteiger partial charge in [0.1, 0.15) is 6.04 Å². The van der Waals surface area contributed by atoms with Gasteiger partial charge in [-0.3, -0.25) is 9.59 Å². The molecule has 0 spiro atoms. The van der Waals surface area contributed by atoms with Gasteiger partial charge in [-0.15, -0.1) is 0 Å². The number of halogens is 2. The largest absolute Gasteiger partial charge is 0.480 e. The first-order chi connectivity index (χ1) is 9.86. The molecule has 0 unspecified atom stereocenters. The minimum Gasteiger partial charge on any atom is -0.480 e. The first-order valence-electron chi connectivity index (χ1n) is 5.91. The SMILES string of the molecule is COC(=O)CC[C@@H](NC(=O)c1cccc(F)c1F)C(=O)O. The number of nitrogens with one attached hydrogen (secondary N) is 1. The maximum absolute atomic E-state index is 13.4. The smallest absolute Gasteiger partial charge is 0.326 e. The fraction of sp³-hybridized carbons (Fsp3) is 0.308. The summed E-state index contributed by atoms with van der Waals surface area (Å²) in [5.74, 6) is -5.71. The fourth-order valence-electron chi connectivity index (χ4n) is 1.54. The van der Waals surface area contributed by atoms with E-state index in [4.69, 9.17) is 5.11 Å². The highest BCUT2D eigenvalue weighted by molar-refractivity contribution is 5.96. The molecule has 1 aromatic carbocycles. The lowest BCUT2D eigenvalue weighted by atomic mass is 10.1. The van der Waals surface area contributed by atoms with Gasteiger partial charge in [-0.2, -0.15) is 0 Å². The molecule has 21 heavy (non-hydrogen) atoms. The molecule has 0 aliphatic rings. The Morgan fingerprint density at radius 2 is 2.00 bits per heavy atom. The molecule has 6 nitrogen and oxygen atoms in total. The van der Waals surface area contributed by atoms with E-state index < -0.39 is 41.1 Å². The van der Waals surface area contributed by atoms with Crippen molar-refractivity contribution in [2.75, 3.05) is 7.11 Å². The number of esters is 1. The second kappa shape index (κ2) is 7.32. The number of ether oxygens (including phenoxy) is 1. The van der Waals surface area contributed by atoms with Crippen LogP contribution in [-0.4, -0.2) is 36.1 Å². The fourth-order valence-corrected chi connectivity index (χ4v) is 1.54. The number of amides is 1. The van der Waals surface area contributed by atoms with E-state index in [9.17, 15) is 23.2 Å². The van der Waals surface area contributed by atoms with Crippen molar-refractivity contribution in [2.24, 2.45) is 0 Å². The van der Waals surface area contributed by atoms with Gasteiger partial charge in [-0.1, -0.05) is 6.07 Å². The molecule has 0 aliphatic heterocycles. The first kappa shape index (κ1) is 16.5. The van der Waals surface area contributed by atoms with Gasteiger partial charge >= 0.3 is 11.9 Å². The molecule has 114 valence electrons. The number of rotatable bonds is 6. The summed E-state index contributed by atoms with van der Waals surface area (Å²) in [7, 11) is 1.14. The molecule has 0 saturated heterocycles. The topological polar surface area (TPSA) is 92.7 Å². The van der Waals surface area contributed by atoms with E-state index in [1.165, 1.54) is 0 Å². The third kappa shape index (κ3) is 4.51. The highest BCUT2D eigenvalue weighted by atomic mass is 19.2. The van der Waals surface area contributed by atoms with E-state index >= 15 is 0 Å². The molecule has 0 radical (unpaired) electrons. The van der Waals surface area contributed by atoms with Crippen molar-refractivity contribution in [3.8, 4) is 0 Å². The average Bonchev–Trinajstić information content (AvgIpc) is 2.45. The Kier molecular flexibility index (Phi) is 5.77. The third-order valence-electron chi connectivity index (χ3n) is 2.66. The summed E-state index contributed by atoms with van der Waals surface area (Å²) in [4.78, 5) is 33.7. The monoisotopic (exact) mass is 301 g/mol. The van der Waals surface area contributed by atoms with Gasteiger partial charge in [0.05, 0.1) is 12.7 Å². The van der Waals surface area contributed by atoms with Crippen LogP contribution in [0.1, 0.15) is 23.2 Å². The molecule has 0 aliphatic carbocycles. The van der Waals surface area contributed by atoms with Gasteiger partial charge in [0, 0.05) is 6.42 Å². The van der Waals surface area contributed by atoms with Crippen molar-refractivity contribution in [1.82, 2.24) is 5.32 Å². The van der Waals surface area contributed by atoms with Crippen LogP contribution in [0.5, 0.6) is 0 Å². The Morgan fingerprint density at radius 3 is 2.57 bits per heavy atom. The molecule has 0 saturated carbocycles. The summed E-state index contributed by atoms with van der Waals surface area (Å²) >= 11 is 0. The number of benzene rings is 1. The van der Waals surface area contributed by atoms with Crippen LogP contribution in [0.4, 0.5) is 8.78 Å². The summed E-state index contributed by atoms with van der Waals surface area (Å²) in [6, 6.07) is 1.56. The molecule has 0 fully saturated rings. The molecule has 1 aromatic rings. The zero-order valence-corrected chi connectivity index (χ0v) is 11.1. The number of aliphatic carboxylic acids is 1. The van der Waals surface area contributed by atoms with Gasteiger partial charge in [-0.25, -0.2) is 13.6 Å². The number of methoxy groups -OCH3 is 1. The number of carbonyl (C=O) groups is 3. The molecule has 8 heteroatoms. The Bertz CT molecular complexity index is 561. The summed E-state index contributed by atoms with van der Waals surface area (Å²) in [6.07, 6.45) is -0.468. The Balaban J connectivity index is 2.79. The van der Waals surface area contributed by atoms with E-state index in [-0.39, 0.29) is 12.8 Å². The minimum atomic E-state index is -1.42. The summed E-state index contributed by atoms with van der Waals surface area (Å²) < 4.78 is 30.8. The van der Waals surface area contributed by atoms with Crippen molar-refractivity contribution in [2.45, 2.75) is 18.9 Å². The van der Waals surface area contributed by atoms with Crippen molar-refractivity contribution < 1.29 is 33.0 Å². The zero-order valence-electron chi connectivity index (χ0n) is 11.1. The molecule has 1 atom stereocenters. The standard InChI is InChI=1S/C13H13F2NO5/c1-21-10(17)6-5-9(13(19)20)16-12(18)7-3-2-4-8(14)11(7)15/h2-4,9H,5-6H2,1H3,(H,16,18)(H,19,20)/t9-/m1/s1. The Morgan fingerprint density at radius 1 is 1.33 bits per heavy atom. The highest BCUT2D eigenvalue weighted by Crippen LogP contribution is 2.12. The normalized spacial score (nSPS) is 11.6. The third-order valence-corrected chi connectivity index (χ3v) is 2.66. The van der Waals surface area contributed by atoms with Gasteiger partial charge in [0.2, 0.25) is 0 Å². The van der Waals surface area contributed by atoms with Crippen molar-refractivity contribution in [3.05, 3.63) is 35.4 Å². The van der Waals surface area contributed by atoms with Crippen LogP contribution in [0.3, 0.4) is 0 Å². The van der Waals surface area contributed by atoms with Gasteiger partial charge in [0.25, 0.3) is 5.91 Å². The molecular weight excluding hydrogens is 288 g/mol. The summed E-state index contributed by atoms with van der Waals surface area (Å²) in [5, 5.41) is 11.0. The Hall–Kier alpha value is -2.51. The molecule has 0 aromatic heterocycles. The molecular formula is C13H13F2NO5. The average molecular weight is 301 g/mol. The molecule has 1 amide bonds. The maximum atomic E-state index is 13.4. The molecule has 0 bridgehead atoms. The van der Waals surface area contributed by atoms with Crippen LogP contribution in [0.15, 0.2) is 18.2 Å². The van der Waals surface area contributed by atoms with Crippen LogP contribution in [-0.2, 0) is 14.3 Å². The number of hydrogen-bond donors (Lipinski definition) is 2. The summed E-state index contributed by atoms with van der Waals surface area (Å²) in [5.41, 5.74) is -0.612. The predicted molar refractivity (Wildman–Crippen MR) is 66.5 cm³/mol. The quantitative estimate of drug-likeness (QED) is 0.768. The van der Waals surface area contributed by atoms with E-state index in [1.54, 1.807) is 0 Å². The number of carboxylic acids is 1. The first-order valence-corrected chi connectivity index (χ1v) is 5.91. The van der Waals surface area contributed by atoms with Crippen LogP contribution >= 0.6 is 0 Å². The molecule has 0 heterocycles. The van der Waals surface area contributed by atoms with E-state index in [0.29, 0.717) is 0 Å². The summed E-state index contributed by atoms with van der Waals surface area (Å²) in [6.45, 7) is 0. The second-order valence-electron chi connectivity index (χ2n) is 4.08. The van der Waals surface area contributed by atoms with Crippen LogP contribution < -0.4 is 5.32 Å². The number of carboxylic acid groups (broad SMARTS) is 1. The van der Waals surface area contributed by atoms with Gasteiger partial charge < -0.3 is 15.2 Å². The van der Waals surface area contributed by atoms with Crippen molar-refractivity contribution in [1.29, 1.82) is 0 Å². The Labute approximate surface area is 118 Å². The van der Waals surface area contributed by atoms with Gasteiger partial charge in [0.15, 0.2) is 11.6 Å². The van der Waals surface area contributed by atoms with Crippen LogP contribution in [0.25, 0.3) is 0 Å². The minimum absolute atomic E-state index is 0.231. The van der Waals surface area contributed by atoms with Crippen LogP contribution in [0.2, 0.25) is 0 Å². The maximum Gasteiger partial charge on any atom is 0.326 e. The zero-order chi connectivity index (χ0) is 16.0. The lowest BCUT2D eigenvalue weighted by Crippen LogP contribution is -2.41. The lowest BCUT2D eigenvalue weighted by molar-refractivity contribution is -0.142. The van der Waals surface area contributed by atoms with E-state index in [2.05, 4.69) is 4.74 Å². The lowest BCUT2D eigenvalue weighted by Gasteiger charge is -2.14. The number of carbonyl (C=O) groups excluding carboxylic acids is 2. The predicted octanol–water partition coefficient (Wildman–Crippen LogP) is 1.10. The van der Waals surface area contributed by atoms with Crippen LogP contribution in [0, 0.1) is 11.6 Å². The van der Waals surface area contributed by atoms with Gasteiger partial charge in [-0.05, 0) is 18.6 Å². The molecule has 1 rings (SSSR count). The van der Waals surface area contributed by atoms with Crippen molar-refractivity contribution >= 4 is 17.8 Å². The van der Waals surface area contributed by atoms with E-state index in [0.717, 1.165) is 25.3 Å². The number of hydrogen-bond acceptors (Lipinski definition) is 4. The highest BCUT2D eigenvalue weighted by Gasteiger charge is 2.24.